The molecule has 4 aliphatic rings. The molecule has 4 heteroatoms. The summed E-state index contributed by atoms with van der Waals surface area (Å²) < 4.78 is 4.94. The molecular formula is C50H40N4. The Kier molecular flexibility index (Phi) is 6.23. The summed E-state index contributed by atoms with van der Waals surface area (Å²) in [4.78, 5) is 5.05. The molecule has 260 valence electrons. The highest BCUT2D eigenvalue weighted by atomic mass is 15.2. The van der Waals surface area contributed by atoms with Gasteiger partial charge in [0.1, 0.15) is 0 Å². The molecule has 6 aromatic carbocycles. The Morgan fingerprint density at radius 3 is 1.74 bits per heavy atom. The standard InChI is InChI=1S/C50H40N4/c1-51-45-29-35(53-41-19-9-3-13-31(41)27-32-14-4-10-20-42(32)53)23-25-39(45)47-37-17-7-8-18-38(37)48-40-26-24-36(30-46(40)52(2)50(48)49(47)51)54-43-21-11-5-15-33(43)28-34-16-6-12-22-44(34)54/h3-5,7-9,11-15,17-19,21-26,29-30H,6,10,16,20,27-28H2,1-2H3. The summed E-state index contributed by atoms with van der Waals surface area (Å²) in [5.74, 6) is 0. The lowest BCUT2D eigenvalue weighted by molar-refractivity contribution is 0.857. The minimum atomic E-state index is 1.00. The van der Waals surface area contributed by atoms with Crippen LogP contribution in [-0.4, -0.2) is 9.13 Å². The van der Waals surface area contributed by atoms with Crippen molar-refractivity contribution >= 4 is 77.1 Å². The summed E-state index contributed by atoms with van der Waals surface area (Å²) in [5, 5.41) is 7.89. The maximum absolute atomic E-state index is 2.54. The van der Waals surface area contributed by atoms with Crippen molar-refractivity contribution in [3.63, 3.8) is 0 Å². The SMILES string of the molecule is Cn1c2cc(N3C4=C(CCC=C4)Cc4ccccc43)ccc2c2c3ccccc3c3c4ccc(N5C6=C(C=CCC6)Cc6ccccc65)cc4n(C)c3c21. The van der Waals surface area contributed by atoms with Crippen LogP contribution in [-0.2, 0) is 26.9 Å². The summed E-state index contributed by atoms with van der Waals surface area (Å²) in [7, 11) is 4.55. The average Bonchev–Trinajstić information content (AvgIpc) is 3.68. The smallest absolute Gasteiger partial charge is 0.0742 e. The fourth-order valence-electron chi connectivity index (χ4n) is 10.4. The Labute approximate surface area is 314 Å². The molecule has 12 rings (SSSR count). The highest BCUT2D eigenvalue weighted by molar-refractivity contribution is 6.36. The number of nitrogens with zero attached hydrogens (tertiary/aromatic N) is 4. The van der Waals surface area contributed by atoms with Gasteiger partial charge < -0.3 is 18.9 Å². The minimum Gasteiger partial charge on any atom is -0.342 e. The van der Waals surface area contributed by atoms with Crippen LogP contribution < -0.4 is 9.80 Å². The van der Waals surface area contributed by atoms with Crippen LogP contribution >= 0.6 is 0 Å². The molecule has 8 aromatic rings. The molecule has 0 unspecified atom stereocenters. The lowest BCUT2D eigenvalue weighted by Gasteiger charge is -2.36. The number of aryl methyl sites for hydroxylation is 2. The van der Waals surface area contributed by atoms with E-state index in [0.29, 0.717) is 0 Å². The van der Waals surface area contributed by atoms with Crippen LogP contribution in [0.1, 0.15) is 36.8 Å². The van der Waals surface area contributed by atoms with Gasteiger partial charge in [-0.15, -0.1) is 0 Å². The van der Waals surface area contributed by atoms with E-state index in [0.717, 1.165) is 38.5 Å². The number of para-hydroxylation sites is 2. The Balaban J connectivity index is 1.12. The van der Waals surface area contributed by atoms with Gasteiger partial charge in [0.05, 0.1) is 22.1 Å². The maximum atomic E-state index is 2.54. The molecule has 0 atom stereocenters. The van der Waals surface area contributed by atoms with Gasteiger partial charge in [-0.25, -0.2) is 0 Å². The van der Waals surface area contributed by atoms with Gasteiger partial charge in [0.15, 0.2) is 0 Å². The van der Waals surface area contributed by atoms with E-state index < -0.39 is 0 Å². The molecule has 0 N–H and O–H groups in total. The number of rotatable bonds is 2. The zero-order valence-electron chi connectivity index (χ0n) is 30.7. The summed E-state index contributed by atoms with van der Waals surface area (Å²) in [6.07, 6.45) is 15.8. The third-order valence-corrected chi connectivity index (χ3v) is 12.8. The molecule has 4 nitrogen and oxygen atoms in total. The zero-order valence-corrected chi connectivity index (χ0v) is 30.7. The Bertz CT molecular complexity index is 3090. The fraction of sp³-hybridized carbons (Fsp3) is 0.160. The monoisotopic (exact) mass is 696 g/mol. The van der Waals surface area contributed by atoms with Gasteiger partial charge in [0.25, 0.3) is 0 Å². The molecule has 2 aliphatic heterocycles. The van der Waals surface area contributed by atoms with Crippen LogP contribution in [0.5, 0.6) is 0 Å². The first-order chi connectivity index (χ1) is 26.6. The number of hydrogen-bond acceptors (Lipinski definition) is 2. The molecule has 0 amide bonds. The van der Waals surface area contributed by atoms with E-state index in [4.69, 9.17) is 0 Å². The third kappa shape index (κ3) is 4.03. The Morgan fingerprint density at radius 2 is 1.06 bits per heavy atom. The highest BCUT2D eigenvalue weighted by Gasteiger charge is 2.29. The fourth-order valence-corrected chi connectivity index (χ4v) is 10.4. The number of allylic oxidation sites excluding steroid dienone is 7. The largest absolute Gasteiger partial charge is 0.342 e. The van der Waals surface area contributed by atoms with Crippen molar-refractivity contribution in [2.24, 2.45) is 14.1 Å². The topological polar surface area (TPSA) is 16.3 Å². The van der Waals surface area contributed by atoms with Crippen LogP contribution in [0, 0.1) is 0 Å². The van der Waals surface area contributed by atoms with Gasteiger partial charge in [-0.2, -0.15) is 0 Å². The lowest BCUT2D eigenvalue weighted by atomic mass is 9.89. The van der Waals surface area contributed by atoms with Gasteiger partial charge in [-0.05, 0) is 108 Å². The van der Waals surface area contributed by atoms with Crippen molar-refractivity contribution in [3.8, 4) is 0 Å². The molecule has 0 fully saturated rings. The van der Waals surface area contributed by atoms with Crippen molar-refractivity contribution in [3.05, 3.63) is 167 Å². The van der Waals surface area contributed by atoms with E-state index >= 15 is 0 Å². The van der Waals surface area contributed by atoms with Gasteiger partial charge in [0.2, 0.25) is 0 Å². The number of anilines is 4. The Hall–Kier alpha value is -6.26. The molecule has 0 spiro atoms. The lowest BCUT2D eigenvalue weighted by Crippen LogP contribution is -2.24. The predicted octanol–water partition coefficient (Wildman–Crippen LogP) is 12.7. The quantitative estimate of drug-likeness (QED) is 0.179. The second-order valence-corrected chi connectivity index (χ2v) is 15.6. The number of benzene rings is 6. The van der Waals surface area contributed by atoms with E-state index in [1.165, 1.54) is 111 Å². The summed E-state index contributed by atoms with van der Waals surface area (Å²) in [6, 6.07) is 41.4. The van der Waals surface area contributed by atoms with E-state index in [-0.39, 0.29) is 0 Å². The molecule has 54 heavy (non-hydrogen) atoms. The normalized spacial score (nSPS) is 16.6. The van der Waals surface area contributed by atoms with Crippen LogP contribution in [0.3, 0.4) is 0 Å². The first kappa shape index (κ1) is 30.2. The van der Waals surface area contributed by atoms with Gasteiger partial charge in [-0.1, -0.05) is 91.0 Å². The first-order valence-electron chi connectivity index (χ1n) is 19.5. The molecule has 4 heterocycles. The van der Waals surface area contributed by atoms with Crippen molar-refractivity contribution in [1.29, 1.82) is 0 Å². The molecule has 0 radical (unpaired) electrons. The van der Waals surface area contributed by atoms with Crippen LogP contribution in [0.15, 0.2) is 156 Å². The highest BCUT2D eigenvalue weighted by Crippen LogP contribution is 2.49. The zero-order chi connectivity index (χ0) is 35.7. The number of fused-ring (bicyclic) bond motifs is 12. The van der Waals surface area contributed by atoms with Gasteiger partial charge >= 0.3 is 0 Å². The van der Waals surface area contributed by atoms with E-state index in [1.54, 1.807) is 0 Å². The molecular weight excluding hydrogens is 657 g/mol. The molecule has 0 bridgehead atoms. The molecule has 0 saturated heterocycles. The summed E-state index contributed by atoms with van der Waals surface area (Å²) in [5.41, 5.74) is 18.7. The van der Waals surface area contributed by atoms with Crippen molar-refractivity contribution < 1.29 is 0 Å². The minimum absolute atomic E-state index is 1.00. The molecule has 2 aliphatic carbocycles. The van der Waals surface area contributed by atoms with Crippen molar-refractivity contribution in [2.75, 3.05) is 9.80 Å². The first-order valence-corrected chi connectivity index (χ1v) is 19.5. The third-order valence-electron chi connectivity index (χ3n) is 12.8. The number of hydrogen-bond donors (Lipinski definition) is 0. The van der Waals surface area contributed by atoms with E-state index in [9.17, 15) is 0 Å². The van der Waals surface area contributed by atoms with E-state index in [1.807, 2.05) is 0 Å². The average molecular weight is 697 g/mol. The summed E-state index contributed by atoms with van der Waals surface area (Å²) >= 11 is 0. The number of aromatic nitrogens is 2. The second kappa shape index (κ2) is 11.1. The van der Waals surface area contributed by atoms with Crippen molar-refractivity contribution in [2.45, 2.75) is 38.5 Å². The summed E-state index contributed by atoms with van der Waals surface area (Å²) in [6.45, 7) is 0. The van der Waals surface area contributed by atoms with Crippen LogP contribution in [0.4, 0.5) is 22.7 Å². The molecule has 0 saturated carbocycles. The predicted molar refractivity (Wildman–Crippen MR) is 227 cm³/mol. The van der Waals surface area contributed by atoms with Crippen LogP contribution in [0.25, 0.3) is 54.4 Å². The van der Waals surface area contributed by atoms with Crippen molar-refractivity contribution in [1.82, 2.24) is 9.13 Å². The molecule has 2 aromatic heterocycles. The maximum Gasteiger partial charge on any atom is 0.0742 e. The Morgan fingerprint density at radius 1 is 0.500 bits per heavy atom. The van der Waals surface area contributed by atoms with E-state index in [2.05, 4.69) is 167 Å². The van der Waals surface area contributed by atoms with Gasteiger partial charge in [0, 0.05) is 76.2 Å². The van der Waals surface area contributed by atoms with Crippen LogP contribution in [0.2, 0.25) is 0 Å². The van der Waals surface area contributed by atoms with Gasteiger partial charge in [-0.3, -0.25) is 0 Å². The second-order valence-electron chi connectivity index (χ2n) is 15.6.